The van der Waals surface area contributed by atoms with Gasteiger partial charge in [0.05, 0.1) is 5.56 Å². The molecule has 0 radical (unpaired) electrons. The molecule has 0 aromatic carbocycles. The molecule has 0 aliphatic rings. The Kier molecular flexibility index (Phi) is 5.71. The van der Waals surface area contributed by atoms with Gasteiger partial charge in [-0.2, -0.15) is 4.98 Å². The van der Waals surface area contributed by atoms with Crippen molar-refractivity contribution in [2.24, 2.45) is 0 Å². The summed E-state index contributed by atoms with van der Waals surface area (Å²) in [5.41, 5.74) is 0.953. The number of hydrogen-bond acceptors (Lipinski definition) is 6. The first-order valence-electron chi connectivity index (χ1n) is 7.81. The van der Waals surface area contributed by atoms with E-state index in [9.17, 15) is 14.7 Å². The highest BCUT2D eigenvalue weighted by atomic mass is 32.1. The van der Waals surface area contributed by atoms with Crippen LogP contribution < -0.4 is 5.32 Å². The van der Waals surface area contributed by atoms with Crippen molar-refractivity contribution in [3.63, 3.8) is 0 Å². The first-order valence-corrected chi connectivity index (χ1v) is 8.63. The van der Waals surface area contributed by atoms with Crippen LogP contribution in [-0.2, 0) is 17.6 Å². The Labute approximate surface area is 144 Å². The minimum atomic E-state index is -1.02. The molecule has 2 aromatic rings. The number of carbonyl (C=O) groups excluding carboxylic acids is 1. The summed E-state index contributed by atoms with van der Waals surface area (Å²) in [6.07, 6.45) is 1.08. The van der Waals surface area contributed by atoms with Gasteiger partial charge in [-0.1, -0.05) is 25.9 Å². The first kappa shape index (κ1) is 18.1. The molecule has 0 bridgehead atoms. The van der Waals surface area contributed by atoms with E-state index in [1.54, 1.807) is 0 Å². The maximum absolute atomic E-state index is 12.1. The summed E-state index contributed by atoms with van der Waals surface area (Å²) >= 11 is 1.29. The highest BCUT2D eigenvalue weighted by molar-refractivity contribution is 7.16. The molecule has 24 heavy (non-hydrogen) atoms. The van der Waals surface area contributed by atoms with E-state index < -0.39 is 5.97 Å². The largest absolute Gasteiger partial charge is 0.478 e. The van der Waals surface area contributed by atoms with Crippen LogP contribution >= 0.6 is 11.3 Å². The van der Waals surface area contributed by atoms with Gasteiger partial charge in [-0.05, 0) is 18.9 Å². The zero-order chi connectivity index (χ0) is 17.9. The molecule has 0 saturated heterocycles. The van der Waals surface area contributed by atoms with Gasteiger partial charge in [-0.3, -0.25) is 4.79 Å². The second kappa shape index (κ2) is 7.57. The van der Waals surface area contributed by atoms with Crippen molar-refractivity contribution in [1.29, 1.82) is 0 Å². The van der Waals surface area contributed by atoms with Crippen LogP contribution in [-0.4, -0.2) is 27.1 Å². The Bertz CT molecular complexity index is 749. The number of nitrogens with zero attached hydrogens (tertiary/aromatic N) is 2. The fourth-order valence-electron chi connectivity index (χ4n) is 2.33. The van der Waals surface area contributed by atoms with Crippen LogP contribution in [0.4, 0.5) is 5.00 Å². The molecule has 130 valence electrons. The summed E-state index contributed by atoms with van der Waals surface area (Å²) in [6, 6.07) is 0. The topological polar surface area (TPSA) is 105 Å². The van der Waals surface area contributed by atoms with Crippen molar-refractivity contribution in [3.8, 4) is 0 Å². The Morgan fingerprint density at radius 1 is 1.38 bits per heavy atom. The molecule has 7 nitrogen and oxygen atoms in total. The van der Waals surface area contributed by atoms with E-state index in [0.717, 1.165) is 10.4 Å². The Balaban J connectivity index is 2.03. The third-order valence-corrected chi connectivity index (χ3v) is 4.66. The third-order valence-electron chi connectivity index (χ3n) is 3.60. The predicted octanol–water partition coefficient (Wildman–Crippen LogP) is 3.39. The fourth-order valence-corrected chi connectivity index (χ4v) is 3.49. The molecule has 0 fully saturated rings. The van der Waals surface area contributed by atoms with Crippen molar-refractivity contribution in [2.75, 3.05) is 5.32 Å². The smallest absolute Gasteiger partial charge is 0.339 e. The number of aryl methyl sites for hydroxylation is 2. The number of aromatic nitrogens is 2. The van der Waals surface area contributed by atoms with Gasteiger partial charge in [0.1, 0.15) is 5.00 Å². The van der Waals surface area contributed by atoms with E-state index in [4.69, 9.17) is 4.52 Å². The molecule has 2 heterocycles. The van der Waals surface area contributed by atoms with Crippen LogP contribution in [0.1, 0.15) is 65.6 Å². The molecule has 2 N–H and O–H groups in total. The summed E-state index contributed by atoms with van der Waals surface area (Å²) in [6.45, 7) is 7.67. The zero-order valence-electron chi connectivity index (χ0n) is 14.2. The van der Waals surface area contributed by atoms with Crippen molar-refractivity contribution in [3.05, 3.63) is 27.7 Å². The maximum Gasteiger partial charge on any atom is 0.339 e. The standard InChI is InChI=1S/C16H21N3O4S/c1-5-10-9(4)24-15(13(10)16(21)22)17-11(20)6-7-12-18-14(8(2)3)19-23-12/h8H,5-7H2,1-4H3,(H,17,20)(H,21,22). The maximum atomic E-state index is 12.1. The lowest BCUT2D eigenvalue weighted by Gasteiger charge is -2.04. The van der Waals surface area contributed by atoms with Gasteiger partial charge in [0.25, 0.3) is 0 Å². The van der Waals surface area contributed by atoms with Gasteiger partial charge in [-0.15, -0.1) is 11.3 Å². The minimum Gasteiger partial charge on any atom is -0.478 e. The molecule has 0 saturated carbocycles. The van der Waals surface area contributed by atoms with Crippen molar-refractivity contribution < 1.29 is 19.2 Å². The van der Waals surface area contributed by atoms with Crippen molar-refractivity contribution in [1.82, 2.24) is 10.1 Å². The van der Waals surface area contributed by atoms with Gasteiger partial charge in [0.2, 0.25) is 11.8 Å². The predicted molar refractivity (Wildman–Crippen MR) is 90.7 cm³/mol. The molecule has 0 aliphatic heterocycles. The monoisotopic (exact) mass is 351 g/mol. The zero-order valence-corrected chi connectivity index (χ0v) is 15.0. The average molecular weight is 351 g/mol. The van der Waals surface area contributed by atoms with Crippen LogP contribution in [0.15, 0.2) is 4.52 Å². The minimum absolute atomic E-state index is 0.150. The van der Waals surface area contributed by atoms with E-state index in [-0.39, 0.29) is 23.8 Å². The molecule has 2 aromatic heterocycles. The van der Waals surface area contributed by atoms with Crippen LogP contribution in [0.5, 0.6) is 0 Å². The summed E-state index contributed by atoms with van der Waals surface area (Å²) in [5, 5.41) is 16.3. The number of carbonyl (C=O) groups is 2. The first-order chi connectivity index (χ1) is 11.3. The van der Waals surface area contributed by atoms with E-state index in [2.05, 4.69) is 15.5 Å². The van der Waals surface area contributed by atoms with Crippen LogP contribution in [0.3, 0.4) is 0 Å². The van der Waals surface area contributed by atoms with Crippen LogP contribution in [0.2, 0.25) is 0 Å². The quantitative estimate of drug-likeness (QED) is 0.792. The lowest BCUT2D eigenvalue weighted by atomic mass is 10.1. The molecular weight excluding hydrogens is 330 g/mol. The lowest BCUT2D eigenvalue weighted by molar-refractivity contribution is -0.116. The SMILES string of the molecule is CCc1c(C)sc(NC(=O)CCc2nc(C(C)C)no2)c1C(=O)O. The van der Waals surface area contributed by atoms with Gasteiger partial charge >= 0.3 is 5.97 Å². The van der Waals surface area contributed by atoms with Gasteiger partial charge in [0.15, 0.2) is 5.82 Å². The number of nitrogens with one attached hydrogen (secondary N) is 1. The summed E-state index contributed by atoms with van der Waals surface area (Å²) < 4.78 is 5.10. The number of carboxylic acid groups (broad SMARTS) is 1. The molecule has 1 amide bonds. The number of rotatable bonds is 7. The molecule has 0 spiro atoms. The Morgan fingerprint density at radius 2 is 2.08 bits per heavy atom. The summed E-state index contributed by atoms with van der Waals surface area (Å²) in [7, 11) is 0. The number of hydrogen-bond donors (Lipinski definition) is 2. The Hall–Kier alpha value is -2.22. The number of thiophene rings is 1. The van der Waals surface area contributed by atoms with Crippen LogP contribution in [0, 0.1) is 6.92 Å². The number of anilines is 1. The number of amides is 1. The van der Waals surface area contributed by atoms with Gasteiger partial charge in [-0.25, -0.2) is 4.79 Å². The number of carboxylic acids is 1. The molecule has 0 unspecified atom stereocenters. The molecule has 2 rings (SSSR count). The number of aromatic carboxylic acids is 1. The van der Waals surface area contributed by atoms with E-state index in [0.29, 0.717) is 29.6 Å². The van der Waals surface area contributed by atoms with Gasteiger partial charge < -0.3 is 14.9 Å². The summed E-state index contributed by atoms with van der Waals surface area (Å²) in [5.74, 6) is -0.115. The highest BCUT2D eigenvalue weighted by Crippen LogP contribution is 2.33. The van der Waals surface area contributed by atoms with E-state index in [1.807, 2.05) is 27.7 Å². The van der Waals surface area contributed by atoms with Crippen molar-refractivity contribution in [2.45, 2.75) is 52.9 Å². The molecule has 8 heteroatoms. The Morgan fingerprint density at radius 3 is 2.62 bits per heavy atom. The summed E-state index contributed by atoms with van der Waals surface area (Å²) in [4.78, 5) is 28.7. The molecular formula is C16H21N3O4S. The normalized spacial score (nSPS) is 11.0. The lowest BCUT2D eigenvalue weighted by Crippen LogP contribution is -2.14. The van der Waals surface area contributed by atoms with E-state index >= 15 is 0 Å². The van der Waals surface area contributed by atoms with Crippen molar-refractivity contribution >= 4 is 28.2 Å². The third kappa shape index (κ3) is 4.00. The average Bonchev–Trinajstić information content (AvgIpc) is 3.09. The highest BCUT2D eigenvalue weighted by Gasteiger charge is 2.22. The van der Waals surface area contributed by atoms with Gasteiger partial charge in [0, 0.05) is 23.6 Å². The van der Waals surface area contributed by atoms with E-state index in [1.165, 1.54) is 11.3 Å². The molecule has 0 aliphatic carbocycles. The second-order valence-electron chi connectivity index (χ2n) is 5.75. The fraction of sp³-hybridized carbons (Fsp3) is 0.500. The second-order valence-corrected chi connectivity index (χ2v) is 6.97. The molecule has 0 atom stereocenters. The van der Waals surface area contributed by atoms with Crippen LogP contribution in [0.25, 0.3) is 0 Å².